The quantitative estimate of drug-likeness (QED) is 0.776. The first-order valence-corrected chi connectivity index (χ1v) is 5.31. The second kappa shape index (κ2) is 3.52. The van der Waals surface area contributed by atoms with Gasteiger partial charge in [-0.25, -0.2) is 0 Å². The molecule has 1 N–H and O–H groups in total. The van der Waals surface area contributed by atoms with E-state index in [1.807, 2.05) is 6.07 Å². The minimum absolute atomic E-state index is 0.452. The maximum atomic E-state index is 9.68. The number of nitrogens with zero attached hydrogens (tertiary/aromatic N) is 1. The van der Waals surface area contributed by atoms with Crippen LogP contribution in [0.3, 0.4) is 0 Å². The van der Waals surface area contributed by atoms with Crippen LogP contribution in [0.25, 0.3) is 0 Å². The maximum Gasteiger partial charge on any atom is 0.120 e. The van der Waals surface area contributed by atoms with Crippen molar-refractivity contribution in [1.29, 1.82) is 0 Å². The van der Waals surface area contributed by atoms with Gasteiger partial charge < -0.3 is 10.0 Å². The van der Waals surface area contributed by atoms with E-state index in [-0.39, 0.29) is 0 Å². The summed E-state index contributed by atoms with van der Waals surface area (Å²) in [7, 11) is 0. The van der Waals surface area contributed by atoms with E-state index in [1.54, 1.807) is 6.07 Å². The van der Waals surface area contributed by atoms with Crippen molar-refractivity contribution in [3.05, 3.63) is 23.8 Å². The topological polar surface area (TPSA) is 23.5 Å². The Balaban J connectivity index is 2.35. The molecule has 2 rings (SSSR count). The lowest BCUT2D eigenvalue weighted by atomic mass is 10.1. The predicted molar refractivity (Wildman–Crippen MR) is 58.9 cm³/mol. The van der Waals surface area contributed by atoms with Crippen LogP contribution in [-0.2, 0) is 6.42 Å². The van der Waals surface area contributed by atoms with Crippen LogP contribution in [0.5, 0.6) is 5.75 Å². The van der Waals surface area contributed by atoms with Gasteiger partial charge in [0.2, 0.25) is 0 Å². The zero-order chi connectivity index (χ0) is 10.1. The van der Waals surface area contributed by atoms with Gasteiger partial charge in [-0.15, -0.1) is 0 Å². The highest BCUT2D eigenvalue weighted by molar-refractivity contribution is 5.63. The monoisotopic (exact) mass is 191 g/mol. The molecule has 14 heavy (non-hydrogen) atoms. The number of phenols is 1. The Bertz CT molecular complexity index is 335. The Morgan fingerprint density at radius 1 is 1.50 bits per heavy atom. The molecule has 2 heteroatoms. The van der Waals surface area contributed by atoms with Crippen LogP contribution in [0.4, 0.5) is 5.69 Å². The van der Waals surface area contributed by atoms with Crippen molar-refractivity contribution in [3.63, 3.8) is 0 Å². The summed E-state index contributed by atoms with van der Waals surface area (Å²) < 4.78 is 0. The summed E-state index contributed by atoms with van der Waals surface area (Å²) in [4.78, 5) is 2.38. The summed E-state index contributed by atoms with van der Waals surface area (Å²) in [6, 6.07) is 6.38. The molecule has 0 amide bonds. The van der Waals surface area contributed by atoms with Gasteiger partial charge in [0.1, 0.15) is 5.75 Å². The SMILES string of the molecule is CCC(C)N1CCc2c(O)cccc21. The maximum absolute atomic E-state index is 9.68. The van der Waals surface area contributed by atoms with Gasteiger partial charge in [0, 0.05) is 23.8 Å². The second-order valence-electron chi connectivity index (χ2n) is 3.98. The summed E-state index contributed by atoms with van der Waals surface area (Å²) in [5.74, 6) is 0.452. The highest BCUT2D eigenvalue weighted by atomic mass is 16.3. The molecule has 1 atom stereocenters. The van der Waals surface area contributed by atoms with Crippen LogP contribution in [0.1, 0.15) is 25.8 Å². The molecule has 1 heterocycles. The van der Waals surface area contributed by atoms with E-state index in [0.717, 1.165) is 24.9 Å². The van der Waals surface area contributed by atoms with E-state index in [2.05, 4.69) is 24.8 Å². The third kappa shape index (κ3) is 1.35. The molecule has 1 aromatic carbocycles. The number of benzene rings is 1. The lowest BCUT2D eigenvalue weighted by Gasteiger charge is -2.26. The van der Waals surface area contributed by atoms with Gasteiger partial charge >= 0.3 is 0 Å². The minimum atomic E-state index is 0.452. The number of aromatic hydroxyl groups is 1. The Morgan fingerprint density at radius 3 is 3.00 bits per heavy atom. The van der Waals surface area contributed by atoms with Crippen molar-refractivity contribution in [2.45, 2.75) is 32.7 Å². The normalized spacial score (nSPS) is 16.9. The first-order valence-electron chi connectivity index (χ1n) is 5.31. The summed E-state index contributed by atoms with van der Waals surface area (Å²) in [6.45, 7) is 5.48. The molecule has 0 saturated heterocycles. The van der Waals surface area contributed by atoms with Crippen molar-refractivity contribution < 1.29 is 5.11 Å². The molecule has 0 aromatic heterocycles. The van der Waals surface area contributed by atoms with Gasteiger partial charge in [-0.1, -0.05) is 13.0 Å². The van der Waals surface area contributed by atoms with Crippen molar-refractivity contribution in [1.82, 2.24) is 0 Å². The van der Waals surface area contributed by atoms with Crippen LogP contribution in [0.2, 0.25) is 0 Å². The highest BCUT2D eigenvalue weighted by Crippen LogP contribution is 2.35. The van der Waals surface area contributed by atoms with Crippen LogP contribution >= 0.6 is 0 Å². The zero-order valence-corrected chi connectivity index (χ0v) is 8.83. The fourth-order valence-corrected chi connectivity index (χ4v) is 2.12. The first kappa shape index (κ1) is 9.38. The minimum Gasteiger partial charge on any atom is -0.508 e. The van der Waals surface area contributed by atoms with Crippen molar-refractivity contribution in [2.24, 2.45) is 0 Å². The molecular formula is C12H17NO. The summed E-state index contributed by atoms with van der Waals surface area (Å²) in [5, 5.41) is 9.68. The lowest BCUT2D eigenvalue weighted by molar-refractivity contribution is 0.470. The van der Waals surface area contributed by atoms with Crippen molar-refractivity contribution in [3.8, 4) is 5.75 Å². The smallest absolute Gasteiger partial charge is 0.120 e. The molecule has 76 valence electrons. The molecule has 2 nitrogen and oxygen atoms in total. The Labute approximate surface area is 85.2 Å². The fourth-order valence-electron chi connectivity index (χ4n) is 2.12. The Morgan fingerprint density at radius 2 is 2.29 bits per heavy atom. The van der Waals surface area contributed by atoms with Crippen molar-refractivity contribution in [2.75, 3.05) is 11.4 Å². The zero-order valence-electron chi connectivity index (χ0n) is 8.83. The average Bonchev–Trinajstić information content (AvgIpc) is 2.62. The van der Waals surface area contributed by atoms with E-state index < -0.39 is 0 Å². The van der Waals surface area contributed by atoms with Gasteiger partial charge in [-0.3, -0.25) is 0 Å². The summed E-state index contributed by atoms with van der Waals surface area (Å²) in [5.41, 5.74) is 2.34. The fraction of sp³-hybridized carbons (Fsp3) is 0.500. The van der Waals surface area contributed by atoms with E-state index in [1.165, 1.54) is 5.69 Å². The Kier molecular flexibility index (Phi) is 2.36. The molecule has 0 fully saturated rings. The summed E-state index contributed by atoms with van der Waals surface area (Å²) >= 11 is 0. The largest absolute Gasteiger partial charge is 0.508 e. The summed E-state index contributed by atoms with van der Waals surface area (Å²) in [6.07, 6.45) is 2.13. The highest BCUT2D eigenvalue weighted by Gasteiger charge is 2.24. The number of rotatable bonds is 2. The van der Waals surface area contributed by atoms with Gasteiger partial charge in [-0.05, 0) is 31.9 Å². The molecule has 0 spiro atoms. The van der Waals surface area contributed by atoms with Gasteiger partial charge in [0.05, 0.1) is 0 Å². The van der Waals surface area contributed by atoms with E-state index in [9.17, 15) is 5.11 Å². The predicted octanol–water partition coefficient (Wildman–Crippen LogP) is 2.55. The van der Waals surface area contributed by atoms with Gasteiger partial charge in [-0.2, -0.15) is 0 Å². The van der Waals surface area contributed by atoms with E-state index in [0.29, 0.717) is 11.8 Å². The number of phenolic OH excluding ortho intramolecular Hbond substituents is 1. The van der Waals surface area contributed by atoms with Crippen LogP contribution in [-0.4, -0.2) is 17.7 Å². The van der Waals surface area contributed by atoms with Gasteiger partial charge in [0.15, 0.2) is 0 Å². The molecule has 0 aliphatic carbocycles. The number of fused-ring (bicyclic) bond motifs is 1. The van der Waals surface area contributed by atoms with Crippen LogP contribution < -0.4 is 4.90 Å². The third-order valence-electron chi connectivity index (χ3n) is 3.16. The third-order valence-corrected chi connectivity index (χ3v) is 3.16. The lowest BCUT2D eigenvalue weighted by Crippen LogP contribution is -2.30. The molecule has 1 unspecified atom stereocenters. The average molecular weight is 191 g/mol. The van der Waals surface area contributed by atoms with Crippen LogP contribution in [0.15, 0.2) is 18.2 Å². The molecule has 0 radical (unpaired) electrons. The van der Waals surface area contributed by atoms with Crippen LogP contribution in [0, 0.1) is 0 Å². The Hall–Kier alpha value is -1.18. The van der Waals surface area contributed by atoms with E-state index in [4.69, 9.17) is 0 Å². The molecular weight excluding hydrogens is 174 g/mol. The molecule has 0 saturated carbocycles. The molecule has 1 aromatic rings. The van der Waals surface area contributed by atoms with Crippen molar-refractivity contribution >= 4 is 5.69 Å². The standard InChI is InChI=1S/C12H17NO/c1-3-9(2)13-8-7-10-11(13)5-4-6-12(10)14/h4-6,9,14H,3,7-8H2,1-2H3. The molecule has 1 aliphatic heterocycles. The van der Waals surface area contributed by atoms with E-state index >= 15 is 0 Å². The molecule has 1 aliphatic rings. The number of hydrogen-bond acceptors (Lipinski definition) is 2. The number of anilines is 1. The molecule has 0 bridgehead atoms. The number of hydrogen-bond donors (Lipinski definition) is 1. The van der Waals surface area contributed by atoms with Gasteiger partial charge in [0.25, 0.3) is 0 Å². The first-order chi connectivity index (χ1) is 6.74. The second-order valence-corrected chi connectivity index (χ2v) is 3.98.